The number of piperidine rings is 1. The van der Waals surface area contributed by atoms with Gasteiger partial charge in [0.15, 0.2) is 0 Å². The summed E-state index contributed by atoms with van der Waals surface area (Å²) in [6.45, 7) is 6.97. The average Bonchev–Trinajstić information content (AvgIpc) is 3.20. The molecule has 0 aromatic carbocycles. The maximum atomic E-state index is 12.8. The zero-order chi connectivity index (χ0) is 18.0. The fourth-order valence-corrected chi connectivity index (χ4v) is 3.90. The molecule has 3 rings (SSSR count). The quantitative estimate of drug-likeness (QED) is 0.908. The molecule has 0 spiro atoms. The molecule has 6 nitrogen and oxygen atoms in total. The first-order chi connectivity index (χ1) is 12.0. The number of thiophene rings is 1. The van der Waals surface area contributed by atoms with Crippen molar-refractivity contribution in [2.24, 2.45) is 0 Å². The second kappa shape index (κ2) is 7.39. The first-order valence-electron chi connectivity index (χ1n) is 8.61. The number of rotatable bonds is 4. The molecule has 1 N–H and O–H groups in total. The van der Waals surface area contributed by atoms with Crippen molar-refractivity contribution in [3.8, 4) is 0 Å². The Labute approximate surface area is 151 Å². The second-order valence-electron chi connectivity index (χ2n) is 6.36. The van der Waals surface area contributed by atoms with Crippen molar-refractivity contribution >= 4 is 23.2 Å². The molecule has 1 fully saturated rings. The van der Waals surface area contributed by atoms with Crippen molar-refractivity contribution in [2.45, 2.75) is 46.1 Å². The zero-order valence-electron chi connectivity index (χ0n) is 14.8. The summed E-state index contributed by atoms with van der Waals surface area (Å²) in [5, 5.41) is 7.04. The molecule has 25 heavy (non-hydrogen) atoms. The second-order valence-corrected chi connectivity index (χ2v) is 7.65. The number of hydrogen-bond acceptors (Lipinski definition) is 5. The molecular weight excluding hydrogens is 338 g/mol. The van der Waals surface area contributed by atoms with Gasteiger partial charge in [-0.2, -0.15) is 0 Å². The lowest BCUT2D eigenvalue weighted by atomic mass is 10.0. The number of amides is 2. The van der Waals surface area contributed by atoms with Gasteiger partial charge in [-0.05, 0) is 45.2 Å². The van der Waals surface area contributed by atoms with Crippen LogP contribution in [0.3, 0.4) is 0 Å². The maximum Gasteiger partial charge on any atom is 0.261 e. The first-order valence-corrected chi connectivity index (χ1v) is 9.43. The Morgan fingerprint density at radius 1 is 1.32 bits per heavy atom. The largest absolute Gasteiger partial charge is 0.361 e. The van der Waals surface area contributed by atoms with Gasteiger partial charge in [0.2, 0.25) is 0 Å². The monoisotopic (exact) mass is 361 g/mol. The van der Waals surface area contributed by atoms with Gasteiger partial charge in [-0.25, -0.2) is 0 Å². The highest BCUT2D eigenvalue weighted by Gasteiger charge is 2.28. The summed E-state index contributed by atoms with van der Waals surface area (Å²) in [7, 11) is 0. The minimum absolute atomic E-state index is 0.0192. The summed E-state index contributed by atoms with van der Waals surface area (Å²) in [4.78, 5) is 28.7. The third kappa shape index (κ3) is 3.76. The van der Waals surface area contributed by atoms with E-state index >= 15 is 0 Å². The van der Waals surface area contributed by atoms with E-state index in [2.05, 4.69) is 10.5 Å². The number of likely N-dealkylation sites (tertiary alicyclic amines) is 1. The Hall–Kier alpha value is -2.15. The summed E-state index contributed by atoms with van der Waals surface area (Å²) in [5.41, 5.74) is 1.31. The summed E-state index contributed by atoms with van der Waals surface area (Å²) >= 11 is 1.50. The van der Waals surface area contributed by atoms with Gasteiger partial charge in [-0.1, -0.05) is 12.1 Å². The number of carbonyl (C=O) groups excluding carboxylic acids is 2. The fourth-order valence-electron chi connectivity index (χ4n) is 3.13. The van der Waals surface area contributed by atoms with Gasteiger partial charge in [0.1, 0.15) is 11.3 Å². The number of nitrogens with one attached hydrogen (secondary N) is 1. The molecule has 134 valence electrons. The van der Waals surface area contributed by atoms with E-state index in [9.17, 15) is 9.59 Å². The molecule has 7 heteroatoms. The van der Waals surface area contributed by atoms with Crippen LogP contribution in [0.5, 0.6) is 0 Å². The van der Waals surface area contributed by atoms with Crippen LogP contribution < -0.4 is 5.32 Å². The van der Waals surface area contributed by atoms with Crippen LogP contribution in [0.25, 0.3) is 0 Å². The first kappa shape index (κ1) is 17.7. The van der Waals surface area contributed by atoms with Gasteiger partial charge >= 0.3 is 0 Å². The lowest BCUT2D eigenvalue weighted by Crippen LogP contribution is -2.46. The van der Waals surface area contributed by atoms with Crippen molar-refractivity contribution in [1.29, 1.82) is 0 Å². The summed E-state index contributed by atoms with van der Waals surface area (Å²) < 4.78 is 5.17. The molecule has 0 aliphatic carbocycles. The number of carbonyl (C=O) groups is 2. The molecule has 0 bridgehead atoms. The number of hydrogen-bond donors (Lipinski definition) is 1. The van der Waals surface area contributed by atoms with Crippen molar-refractivity contribution in [1.82, 2.24) is 15.4 Å². The summed E-state index contributed by atoms with van der Waals surface area (Å²) in [5.74, 6) is 0.533. The van der Waals surface area contributed by atoms with E-state index in [0.29, 0.717) is 36.5 Å². The molecule has 2 aromatic heterocycles. The molecule has 2 amide bonds. The minimum Gasteiger partial charge on any atom is -0.361 e. The van der Waals surface area contributed by atoms with Crippen molar-refractivity contribution < 1.29 is 14.1 Å². The van der Waals surface area contributed by atoms with Crippen LogP contribution in [0.2, 0.25) is 0 Å². The van der Waals surface area contributed by atoms with E-state index in [0.717, 1.165) is 22.6 Å². The number of nitrogens with zero attached hydrogens (tertiary/aromatic N) is 2. The number of aryl methyl sites for hydroxylation is 3. The van der Waals surface area contributed by atoms with Crippen LogP contribution in [0.1, 0.15) is 56.1 Å². The molecule has 0 saturated carbocycles. The van der Waals surface area contributed by atoms with Gasteiger partial charge < -0.3 is 14.7 Å². The van der Waals surface area contributed by atoms with Gasteiger partial charge in [-0.3, -0.25) is 9.59 Å². The Morgan fingerprint density at radius 2 is 2.04 bits per heavy atom. The van der Waals surface area contributed by atoms with Crippen LogP contribution in [0, 0.1) is 13.8 Å². The van der Waals surface area contributed by atoms with Gasteiger partial charge in [-0.15, -0.1) is 11.3 Å². The molecular formula is C18H23N3O3S. The maximum absolute atomic E-state index is 12.8. The van der Waals surface area contributed by atoms with Crippen LogP contribution in [-0.2, 0) is 6.42 Å². The topological polar surface area (TPSA) is 75.4 Å². The number of aromatic nitrogens is 1. The zero-order valence-corrected chi connectivity index (χ0v) is 15.6. The Morgan fingerprint density at radius 3 is 2.64 bits per heavy atom. The molecule has 0 unspecified atom stereocenters. The molecule has 0 atom stereocenters. The van der Waals surface area contributed by atoms with Gasteiger partial charge in [0.05, 0.1) is 10.6 Å². The molecule has 2 aromatic rings. The average molecular weight is 361 g/mol. The predicted molar refractivity (Wildman–Crippen MR) is 96.1 cm³/mol. The lowest BCUT2D eigenvalue weighted by Gasteiger charge is -2.32. The molecule has 1 saturated heterocycles. The molecule has 3 heterocycles. The van der Waals surface area contributed by atoms with E-state index in [1.807, 2.05) is 30.9 Å². The Bertz CT molecular complexity index is 772. The highest BCUT2D eigenvalue weighted by Crippen LogP contribution is 2.21. The Kier molecular flexibility index (Phi) is 5.22. The highest BCUT2D eigenvalue weighted by molar-refractivity contribution is 7.13. The SMILES string of the molecule is CCc1noc(C)c1C(=O)N1CCC(NC(=O)c2ccc(C)s2)CC1. The van der Waals surface area contributed by atoms with Crippen molar-refractivity contribution in [3.05, 3.63) is 38.9 Å². The smallest absolute Gasteiger partial charge is 0.261 e. The van der Waals surface area contributed by atoms with Crippen molar-refractivity contribution in [3.63, 3.8) is 0 Å². The fraction of sp³-hybridized carbons (Fsp3) is 0.500. The van der Waals surface area contributed by atoms with Crippen LogP contribution in [0.15, 0.2) is 16.7 Å². The van der Waals surface area contributed by atoms with E-state index in [-0.39, 0.29) is 17.9 Å². The van der Waals surface area contributed by atoms with E-state index in [1.54, 1.807) is 6.92 Å². The third-order valence-electron chi connectivity index (χ3n) is 4.56. The lowest BCUT2D eigenvalue weighted by molar-refractivity contribution is 0.0696. The van der Waals surface area contributed by atoms with Gasteiger partial charge in [0.25, 0.3) is 11.8 Å². The van der Waals surface area contributed by atoms with Crippen LogP contribution >= 0.6 is 11.3 Å². The van der Waals surface area contributed by atoms with Crippen molar-refractivity contribution in [2.75, 3.05) is 13.1 Å². The summed E-state index contributed by atoms with van der Waals surface area (Å²) in [6.07, 6.45) is 2.19. The minimum atomic E-state index is -0.0222. The Balaban J connectivity index is 1.57. The highest BCUT2D eigenvalue weighted by atomic mass is 32.1. The molecule has 0 radical (unpaired) electrons. The van der Waals surface area contributed by atoms with Crippen LogP contribution in [0.4, 0.5) is 0 Å². The predicted octanol–water partition coefficient (Wildman–Crippen LogP) is 2.95. The van der Waals surface area contributed by atoms with E-state index in [1.165, 1.54) is 11.3 Å². The molecule has 1 aliphatic heterocycles. The third-order valence-corrected chi connectivity index (χ3v) is 5.56. The normalized spacial score (nSPS) is 15.4. The van der Waals surface area contributed by atoms with Gasteiger partial charge in [0, 0.05) is 24.0 Å². The standard InChI is InChI=1S/C18H23N3O3S/c1-4-14-16(12(3)24-20-14)18(23)21-9-7-13(8-10-21)19-17(22)15-6-5-11(2)25-15/h5-6,13H,4,7-10H2,1-3H3,(H,19,22). The van der Waals surface area contributed by atoms with E-state index < -0.39 is 0 Å². The van der Waals surface area contributed by atoms with E-state index in [4.69, 9.17) is 4.52 Å². The van der Waals surface area contributed by atoms with Crippen LogP contribution in [-0.4, -0.2) is 41.0 Å². The molecule has 1 aliphatic rings. The summed E-state index contributed by atoms with van der Waals surface area (Å²) in [6, 6.07) is 3.91.